The number of nitrogen functional groups attached to an aromatic ring is 1. The van der Waals surface area contributed by atoms with E-state index in [1.807, 2.05) is 22.6 Å². The van der Waals surface area contributed by atoms with Crippen LogP contribution in [0.1, 0.15) is 17.3 Å². The third-order valence-corrected chi connectivity index (χ3v) is 2.86. The number of hydrogen-bond acceptors (Lipinski definition) is 3. The number of benzene rings is 1. The number of hydrogen-bond donors (Lipinski definition) is 1. The Morgan fingerprint density at radius 3 is 2.60 bits per heavy atom. The molecular formula is C9H8F2INO2. The van der Waals surface area contributed by atoms with Gasteiger partial charge in [0.25, 0.3) is 0 Å². The van der Waals surface area contributed by atoms with Gasteiger partial charge in [0.2, 0.25) is 0 Å². The lowest BCUT2D eigenvalue weighted by molar-refractivity contribution is -0.0501. The zero-order valence-corrected chi connectivity index (χ0v) is 9.92. The van der Waals surface area contributed by atoms with E-state index in [0.717, 1.165) is 0 Å². The minimum Gasteiger partial charge on any atom is -0.434 e. The molecule has 0 aliphatic heterocycles. The molecule has 0 atom stereocenters. The van der Waals surface area contributed by atoms with Crippen LogP contribution in [-0.4, -0.2) is 12.4 Å². The van der Waals surface area contributed by atoms with Gasteiger partial charge in [0.1, 0.15) is 5.75 Å². The van der Waals surface area contributed by atoms with E-state index >= 15 is 0 Å². The van der Waals surface area contributed by atoms with Crippen LogP contribution in [0.3, 0.4) is 0 Å². The van der Waals surface area contributed by atoms with Gasteiger partial charge in [-0.15, -0.1) is 0 Å². The molecule has 82 valence electrons. The van der Waals surface area contributed by atoms with Crippen LogP contribution >= 0.6 is 22.6 Å². The summed E-state index contributed by atoms with van der Waals surface area (Å²) in [6.45, 7) is -1.68. The first-order valence-corrected chi connectivity index (χ1v) is 5.05. The molecular weight excluding hydrogens is 319 g/mol. The number of nitrogens with two attached hydrogens (primary N) is 1. The molecule has 2 N–H and O–H groups in total. The van der Waals surface area contributed by atoms with Crippen molar-refractivity contribution in [1.29, 1.82) is 0 Å². The van der Waals surface area contributed by atoms with E-state index in [2.05, 4.69) is 4.74 Å². The van der Waals surface area contributed by atoms with Gasteiger partial charge in [-0.1, -0.05) is 0 Å². The third kappa shape index (κ3) is 2.77. The van der Waals surface area contributed by atoms with E-state index in [9.17, 15) is 13.6 Å². The zero-order valence-electron chi connectivity index (χ0n) is 7.76. The van der Waals surface area contributed by atoms with E-state index in [4.69, 9.17) is 5.73 Å². The van der Waals surface area contributed by atoms with Crippen molar-refractivity contribution in [2.24, 2.45) is 0 Å². The Kier molecular flexibility index (Phi) is 3.83. The molecule has 6 heteroatoms. The van der Waals surface area contributed by atoms with Crippen molar-refractivity contribution < 1.29 is 18.3 Å². The molecule has 0 aliphatic rings. The van der Waals surface area contributed by atoms with Gasteiger partial charge in [0.15, 0.2) is 5.78 Å². The standard InChI is InChI=1S/C9H8F2INO2/c1-4(14)7-6(15-9(10)11)3-2-5(13)8(7)12/h2-3,9H,13H2,1H3. The van der Waals surface area contributed by atoms with Gasteiger partial charge >= 0.3 is 6.61 Å². The molecule has 3 nitrogen and oxygen atoms in total. The van der Waals surface area contributed by atoms with E-state index in [1.165, 1.54) is 19.1 Å². The van der Waals surface area contributed by atoms with Gasteiger partial charge in [-0.05, 0) is 41.6 Å². The first kappa shape index (κ1) is 12.2. The summed E-state index contributed by atoms with van der Waals surface area (Å²) in [5, 5.41) is 0. The topological polar surface area (TPSA) is 52.3 Å². The molecule has 0 saturated carbocycles. The Bertz CT molecular complexity index is 396. The Hall–Kier alpha value is -0.920. The lowest BCUT2D eigenvalue weighted by atomic mass is 10.1. The van der Waals surface area contributed by atoms with Crippen molar-refractivity contribution in [3.8, 4) is 5.75 Å². The van der Waals surface area contributed by atoms with Crippen LogP contribution in [0.25, 0.3) is 0 Å². The van der Waals surface area contributed by atoms with Crippen LogP contribution in [0.5, 0.6) is 5.75 Å². The number of anilines is 1. The molecule has 0 aliphatic carbocycles. The number of alkyl halides is 2. The van der Waals surface area contributed by atoms with Crippen molar-refractivity contribution in [3.05, 3.63) is 21.3 Å². The maximum absolute atomic E-state index is 12.0. The highest BCUT2D eigenvalue weighted by molar-refractivity contribution is 14.1. The van der Waals surface area contributed by atoms with Crippen molar-refractivity contribution in [2.75, 3.05) is 5.73 Å². The molecule has 15 heavy (non-hydrogen) atoms. The zero-order chi connectivity index (χ0) is 11.6. The SMILES string of the molecule is CC(=O)c1c(OC(F)F)ccc(N)c1I. The van der Waals surface area contributed by atoms with Gasteiger partial charge in [-0.25, -0.2) is 0 Å². The third-order valence-electron chi connectivity index (χ3n) is 1.70. The summed E-state index contributed by atoms with van der Waals surface area (Å²) in [6, 6.07) is 2.69. The fourth-order valence-corrected chi connectivity index (χ4v) is 1.92. The fourth-order valence-electron chi connectivity index (χ4n) is 1.10. The first-order chi connectivity index (χ1) is 6.93. The maximum Gasteiger partial charge on any atom is 0.387 e. The Morgan fingerprint density at radius 2 is 2.13 bits per heavy atom. The monoisotopic (exact) mass is 327 g/mol. The average Bonchev–Trinajstić information content (AvgIpc) is 2.10. The number of Topliss-reactive ketones (excluding diaryl/α,β-unsaturated/α-hetero) is 1. The molecule has 0 saturated heterocycles. The van der Waals surface area contributed by atoms with Crippen molar-refractivity contribution in [1.82, 2.24) is 0 Å². The van der Waals surface area contributed by atoms with Crippen LogP contribution in [0.4, 0.5) is 14.5 Å². The predicted molar refractivity (Wildman–Crippen MR) is 60.2 cm³/mol. The molecule has 1 aromatic carbocycles. The predicted octanol–water partition coefficient (Wildman–Crippen LogP) is 2.68. The molecule has 0 spiro atoms. The molecule has 0 heterocycles. The minimum atomic E-state index is -2.96. The van der Waals surface area contributed by atoms with Gasteiger partial charge in [0.05, 0.1) is 9.13 Å². The largest absolute Gasteiger partial charge is 0.434 e. The van der Waals surface area contributed by atoms with E-state index in [-0.39, 0.29) is 17.1 Å². The van der Waals surface area contributed by atoms with E-state index in [0.29, 0.717) is 9.26 Å². The molecule has 0 fully saturated rings. The second kappa shape index (κ2) is 4.73. The second-order valence-electron chi connectivity index (χ2n) is 2.78. The normalized spacial score (nSPS) is 10.5. The summed E-state index contributed by atoms with van der Waals surface area (Å²) in [5.74, 6) is -0.501. The van der Waals surface area contributed by atoms with E-state index < -0.39 is 6.61 Å². The fraction of sp³-hybridized carbons (Fsp3) is 0.222. The number of carbonyl (C=O) groups is 1. The van der Waals surface area contributed by atoms with Crippen LogP contribution < -0.4 is 10.5 Å². The number of halogens is 3. The first-order valence-electron chi connectivity index (χ1n) is 3.97. The lowest BCUT2D eigenvalue weighted by Gasteiger charge is -2.11. The quantitative estimate of drug-likeness (QED) is 0.528. The van der Waals surface area contributed by atoms with Crippen LogP contribution in [-0.2, 0) is 0 Å². The molecule has 0 bridgehead atoms. The molecule has 1 rings (SSSR count). The van der Waals surface area contributed by atoms with Crippen LogP contribution in [0, 0.1) is 3.57 Å². The van der Waals surface area contributed by atoms with Gasteiger partial charge < -0.3 is 10.5 Å². The summed E-state index contributed by atoms with van der Waals surface area (Å²) in [5.41, 5.74) is 6.01. The summed E-state index contributed by atoms with van der Waals surface area (Å²) < 4.78 is 28.7. The van der Waals surface area contributed by atoms with Crippen LogP contribution in [0.2, 0.25) is 0 Å². The Labute approximate surface area is 98.7 Å². The summed E-state index contributed by atoms with van der Waals surface area (Å²) in [6.07, 6.45) is 0. The molecule has 0 radical (unpaired) electrons. The molecule has 0 unspecified atom stereocenters. The number of ether oxygens (including phenoxy) is 1. The highest BCUT2D eigenvalue weighted by Crippen LogP contribution is 2.30. The summed E-state index contributed by atoms with van der Waals surface area (Å²) in [7, 11) is 0. The highest BCUT2D eigenvalue weighted by Gasteiger charge is 2.17. The lowest BCUT2D eigenvalue weighted by Crippen LogP contribution is -2.09. The van der Waals surface area contributed by atoms with Crippen molar-refractivity contribution in [3.63, 3.8) is 0 Å². The molecule has 1 aromatic rings. The number of ketones is 1. The molecule has 0 amide bonds. The van der Waals surface area contributed by atoms with Crippen molar-refractivity contribution in [2.45, 2.75) is 13.5 Å². The van der Waals surface area contributed by atoms with Gasteiger partial charge in [0, 0.05) is 5.69 Å². The Morgan fingerprint density at radius 1 is 1.53 bits per heavy atom. The van der Waals surface area contributed by atoms with Gasteiger partial charge in [-0.2, -0.15) is 8.78 Å². The minimum absolute atomic E-state index is 0.0934. The highest BCUT2D eigenvalue weighted by atomic mass is 127. The van der Waals surface area contributed by atoms with E-state index in [1.54, 1.807) is 0 Å². The Balaban J connectivity index is 3.27. The number of carbonyl (C=O) groups excluding carboxylic acids is 1. The maximum atomic E-state index is 12.0. The van der Waals surface area contributed by atoms with Gasteiger partial charge in [-0.3, -0.25) is 4.79 Å². The smallest absolute Gasteiger partial charge is 0.387 e. The summed E-state index contributed by atoms with van der Waals surface area (Å²) >= 11 is 1.82. The second-order valence-corrected chi connectivity index (χ2v) is 3.86. The van der Waals surface area contributed by atoms with Crippen LogP contribution in [0.15, 0.2) is 12.1 Å². The summed E-state index contributed by atoms with van der Waals surface area (Å²) in [4.78, 5) is 11.2. The average molecular weight is 327 g/mol. The molecule has 0 aromatic heterocycles. The number of rotatable bonds is 3. The van der Waals surface area contributed by atoms with Crippen molar-refractivity contribution >= 4 is 34.1 Å².